The zero-order valence-corrected chi connectivity index (χ0v) is 23.5. The fraction of sp³-hybridized carbons (Fsp3) is 0.419. The van der Waals surface area contributed by atoms with Gasteiger partial charge in [0.05, 0.1) is 10.6 Å². The van der Waals surface area contributed by atoms with E-state index in [0.29, 0.717) is 30.0 Å². The molecule has 1 unspecified atom stereocenters. The third-order valence-corrected chi connectivity index (χ3v) is 9.81. The van der Waals surface area contributed by atoms with Crippen molar-refractivity contribution in [3.8, 4) is 0 Å². The molecule has 0 bridgehead atoms. The average Bonchev–Trinajstić information content (AvgIpc) is 3.50. The molecule has 7 nitrogen and oxygen atoms in total. The Balaban J connectivity index is 1.32. The first-order valence-corrected chi connectivity index (χ1v) is 15.4. The number of amides is 2. The number of hydrogen-bond donors (Lipinski definition) is 1. The molecule has 5 rings (SSSR count). The Labute approximate surface area is 231 Å². The molecular formula is C31H37N3O4S. The van der Waals surface area contributed by atoms with E-state index in [9.17, 15) is 18.0 Å². The molecule has 0 spiro atoms. The van der Waals surface area contributed by atoms with Crippen LogP contribution in [0.5, 0.6) is 0 Å². The molecule has 206 valence electrons. The van der Waals surface area contributed by atoms with Gasteiger partial charge in [0.1, 0.15) is 6.04 Å². The third-order valence-electron chi connectivity index (χ3n) is 7.96. The third kappa shape index (κ3) is 5.53. The van der Waals surface area contributed by atoms with Crippen LogP contribution in [-0.2, 0) is 26.2 Å². The number of carbonyl (C=O) groups is 2. The molecule has 3 aromatic carbocycles. The minimum absolute atomic E-state index is 0.102. The summed E-state index contributed by atoms with van der Waals surface area (Å²) in [6, 6.07) is 18.5. The topological polar surface area (TPSA) is 86.8 Å². The summed E-state index contributed by atoms with van der Waals surface area (Å²) < 4.78 is 28.1. The van der Waals surface area contributed by atoms with E-state index < -0.39 is 16.1 Å². The molecule has 1 atom stereocenters. The Hall–Kier alpha value is -3.39. The number of sulfonamides is 1. The molecule has 0 saturated heterocycles. The predicted molar refractivity (Wildman–Crippen MR) is 154 cm³/mol. The molecule has 1 fully saturated rings. The van der Waals surface area contributed by atoms with Gasteiger partial charge in [0, 0.05) is 30.9 Å². The average molecular weight is 548 g/mol. The van der Waals surface area contributed by atoms with Gasteiger partial charge in [-0.3, -0.25) is 13.9 Å². The van der Waals surface area contributed by atoms with Gasteiger partial charge in [-0.15, -0.1) is 0 Å². The summed E-state index contributed by atoms with van der Waals surface area (Å²) in [6.45, 7) is 4.48. The number of hydrogen-bond acceptors (Lipinski definition) is 4. The molecule has 0 aromatic heterocycles. The van der Waals surface area contributed by atoms with Crippen LogP contribution in [0.4, 0.5) is 5.69 Å². The Bertz CT molecular complexity index is 1470. The molecule has 1 heterocycles. The van der Waals surface area contributed by atoms with Crippen molar-refractivity contribution in [3.63, 3.8) is 0 Å². The van der Waals surface area contributed by atoms with Gasteiger partial charge in [0.2, 0.25) is 11.8 Å². The lowest BCUT2D eigenvalue weighted by Crippen LogP contribution is -2.51. The van der Waals surface area contributed by atoms with E-state index >= 15 is 0 Å². The van der Waals surface area contributed by atoms with Gasteiger partial charge in [0.15, 0.2) is 0 Å². The van der Waals surface area contributed by atoms with E-state index in [4.69, 9.17) is 0 Å². The van der Waals surface area contributed by atoms with Crippen LogP contribution in [0, 0.1) is 6.92 Å². The van der Waals surface area contributed by atoms with Crippen molar-refractivity contribution in [1.29, 1.82) is 0 Å². The molecule has 1 aliphatic heterocycles. The van der Waals surface area contributed by atoms with Gasteiger partial charge in [-0.2, -0.15) is 0 Å². The minimum Gasteiger partial charge on any atom is -0.352 e. The monoisotopic (exact) mass is 547 g/mol. The summed E-state index contributed by atoms with van der Waals surface area (Å²) in [7, 11) is -3.67. The molecule has 3 aromatic rings. The largest absolute Gasteiger partial charge is 0.352 e. The van der Waals surface area contributed by atoms with Gasteiger partial charge in [-0.25, -0.2) is 8.42 Å². The molecule has 1 N–H and O–H groups in total. The first kappa shape index (κ1) is 27.2. The van der Waals surface area contributed by atoms with Crippen LogP contribution in [0.3, 0.4) is 0 Å². The number of carbonyl (C=O) groups excluding carboxylic acids is 2. The standard InChI is InChI=1S/C31H37N3O4S/c1-3-26(31(36)32-25-14-4-5-15-25)33(21-23-11-6-10-22(2)20-23)29(35)18-9-19-34-27-16-7-12-24-13-8-17-28(30(24)27)39(34,37)38/h6-8,10-13,16-17,20,25-26H,3-5,9,14-15,18-19,21H2,1-2H3,(H,32,36). The van der Waals surface area contributed by atoms with Gasteiger partial charge < -0.3 is 10.2 Å². The van der Waals surface area contributed by atoms with Crippen molar-refractivity contribution in [2.75, 3.05) is 10.8 Å². The lowest BCUT2D eigenvalue weighted by molar-refractivity contribution is -0.141. The molecule has 1 aliphatic carbocycles. The van der Waals surface area contributed by atoms with Crippen molar-refractivity contribution in [3.05, 3.63) is 71.8 Å². The maximum atomic E-state index is 13.7. The number of aryl methyl sites for hydroxylation is 1. The fourth-order valence-corrected chi connectivity index (χ4v) is 7.76. The first-order chi connectivity index (χ1) is 18.8. The van der Waals surface area contributed by atoms with E-state index in [0.717, 1.165) is 47.6 Å². The smallest absolute Gasteiger partial charge is 0.265 e. The number of rotatable bonds is 10. The van der Waals surface area contributed by atoms with Crippen LogP contribution in [0.25, 0.3) is 10.8 Å². The van der Waals surface area contributed by atoms with Gasteiger partial charge in [0.25, 0.3) is 10.0 Å². The molecule has 1 saturated carbocycles. The minimum atomic E-state index is -3.67. The second kappa shape index (κ2) is 11.4. The van der Waals surface area contributed by atoms with Gasteiger partial charge in [-0.05, 0) is 55.7 Å². The normalized spacial score (nSPS) is 16.9. The van der Waals surface area contributed by atoms with Crippen molar-refractivity contribution >= 4 is 38.3 Å². The highest BCUT2D eigenvalue weighted by atomic mass is 32.2. The molecule has 2 amide bonds. The summed E-state index contributed by atoms with van der Waals surface area (Å²) in [5, 5.41) is 4.80. The molecule has 0 radical (unpaired) electrons. The highest BCUT2D eigenvalue weighted by Crippen LogP contribution is 2.42. The fourth-order valence-electron chi connectivity index (χ4n) is 6.01. The molecule has 2 aliphatic rings. The van der Waals surface area contributed by atoms with Crippen molar-refractivity contribution < 1.29 is 18.0 Å². The van der Waals surface area contributed by atoms with E-state index in [1.54, 1.807) is 17.0 Å². The summed E-state index contributed by atoms with van der Waals surface area (Å²) in [5.41, 5.74) is 2.73. The SMILES string of the molecule is CCC(C(=O)NC1CCCC1)N(Cc1cccc(C)c1)C(=O)CCCN1c2cccc3cccc(c23)S1(=O)=O. The van der Waals surface area contributed by atoms with Crippen LogP contribution >= 0.6 is 0 Å². The first-order valence-electron chi connectivity index (χ1n) is 14.0. The number of nitrogens with zero attached hydrogens (tertiary/aromatic N) is 2. The Morgan fingerprint density at radius 3 is 2.49 bits per heavy atom. The second-order valence-corrected chi connectivity index (χ2v) is 12.6. The van der Waals surface area contributed by atoms with Crippen LogP contribution < -0.4 is 9.62 Å². The second-order valence-electron chi connectivity index (χ2n) is 10.7. The lowest BCUT2D eigenvalue weighted by atomic mass is 10.1. The number of benzene rings is 3. The van der Waals surface area contributed by atoms with Crippen molar-refractivity contribution in [2.24, 2.45) is 0 Å². The van der Waals surface area contributed by atoms with Crippen molar-refractivity contribution in [2.45, 2.75) is 82.3 Å². The van der Waals surface area contributed by atoms with E-state index in [-0.39, 0.29) is 30.8 Å². The van der Waals surface area contributed by atoms with E-state index in [2.05, 4.69) is 5.32 Å². The number of nitrogens with one attached hydrogen (secondary N) is 1. The molecule has 39 heavy (non-hydrogen) atoms. The van der Waals surface area contributed by atoms with Crippen LogP contribution in [0.1, 0.15) is 63.0 Å². The summed E-state index contributed by atoms with van der Waals surface area (Å²) in [4.78, 5) is 29.0. The van der Waals surface area contributed by atoms with E-state index in [1.807, 2.05) is 62.4 Å². The zero-order valence-electron chi connectivity index (χ0n) is 22.7. The zero-order chi connectivity index (χ0) is 27.6. The highest BCUT2D eigenvalue weighted by molar-refractivity contribution is 7.93. The summed E-state index contributed by atoms with van der Waals surface area (Å²) in [5.74, 6) is -0.244. The maximum absolute atomic E-state index is 13.7. The summed E-state index contributed by atoms with van der Waals surface area (Å²) >= 11 is 0. The Morgan fingerprint density at radius 2 is 1.77 bits per heavy atom. The van der Waals surface area contributed by atoms with Crippen LogP contribution in [-0.4, -0.2) is 43.8 Å². The summed E-state index contributed by atoms with van der Waals surface area (Å²) in [6.07, 6.45) is 5.20. The Morgan fingerprint density at radius 1 is 1.05 bits per heavy atom. The number of anilines is 1. The quantitative estimate of drug-likeness (QED) is 0.373. The molecular weight excluding hydrogens is 510 g/mol. The maximum Gasteiger partial charge on any atom is 0.265 e. The highest BCUT2D eigenvalue weighted by Gasteiger charge is 2.36. The Kier molecular flexibility index (Phi) is 7.93. The molecule has 8 heteroatoms. The van der Waals surface area contributed by atoms with Crippen molar-refractivity contribution in [1.82, 2.24) is 10.2 Å². The predicted octanol–water partition coefficient (Wildman–Crippen LogP) is 5.30. The van der Waals surface area contributed by atoms with Crippen LogP contribution in [0.15, 0.2) is 65.6 Å². The van der Waals surface area contributed by atoms with E-state index in [1.165, 1.54) is 4.31 Å². The lowest BCUT2D eigenvalue weighted by Gasteiger charge is -2.32. The van der Waals surface area contributed by atoms with Gasteiger partial charge in [-0.1, -0.05) is 73.9 Å². The van der Waals surface area contributed by atoms with Crippen LogP contribution in [0.2, 0.25) is 0 Å². The van der Waals surface area contributed by atoms with Gasteiger partial charge >= 0.3 is 0 Å².